The fraction of sp³-hybridized carbons (Fsp3) is 0.619. The number of urea groups is 1. The maximum absolute atomic E-state index is 14.2. The molecule has 3 fully saturated rings. The highest BCUT2D eigenvalue weighted by Crippen LogP contribution is 2.33. The average Bonchev–Trinajstić information content (AvgIpc) is 2.75. The lowest BCUT2D eigenvalue weighted by Gasteiger charge is -2.43. The highest BCUT2D eigenvalue weighted by Gasteiger charge is 2.38. The number of nitrogens with one attached hydrogen (secondary N) is 1. The van der Waals surface area contributed by atoms with Crippen LogP contribution in [0.25, 0.3) is 0 Å². The summed E-state index contributed by atoms with van der Waals surface area (Å²) >= 11 is 0. The maximum Gasteiger partial charge on any atom is 0.416 e. The summed E-state index contributed by atoms with van der Waals surface area (Å²) in [5.74, 6) is -2.74. The van der Waals surface area contributed by atoms with Gasteiger partial charge >= 0.3 is 12.2 Å². The Hall–Kier alpha value is -2.43. The molecule has 176 valence electrons. The van der Waals surface area contributed by atoms with E-state index in [4.69, 9.17) is 4.74 Å². The van der Waals surface area contributed by atoms with Crippen molar-refractivity contribution in [3.05, 3.63) is 34.9 Å². The number of piperidine rings is 2. The van der Waals surface area contributed by atoms with Gasteiger partial charge < -0.3 is 19.9 Å². The van der Waals surface area contributed by atoms with E-state index in [9.17, 15) is 31.5 Å². The van der Waals surface area contributed by atoms with Crippen molar-refractivity contribution in [2.75, 3.05) is 32.8 Å². The first kappa shape index (κ1) is 22.8. The van der Waals surface area contributed by atoms with E-state index < -0.39 is 23.4 Å². The Balaban J connectivity index is 1.32. The van der Waals surface area contributed by atoms with Gasteiger partial charge in [-0.2, -0.15) is 13.2 Å². The Morgan fingerprint density at radius 2 is 1.69 bits per heavy atom. The normalized spacial score (nSPS) is 24.8. The number of nitrogens with zero attached hydrogens (tertiary/aromatic N) is 2. The number of halogens is 5. The molecule has 1 aromatic carbocycles. The number of hydrogen-bond acceptors (Lipinski definition) is 3. The molecular weight excluding hydrogens is 437 g/mol. The lowest BCUT2D eigenvalue weighted by atomic mass is 9.89. The molecule has 0 radical (unpaired) electrons. The third kappa shape index (κ3) is 4.82. The molecule has 1 aromatic rings. The van der Waals surface area contributed by atoms with Crippen LogP contribution in [0.15, 0.2) is 12.1 Å². The molecule has 3 saturated heterocycles. The van der Waals surface area contributed by atoms with Crippen molar-refractivity contribution >= 4 is 11.9 Å². The van der Waals surface area contributed by atoms with E-state index in [-0.39, 0.29) is 48.6 Å². The van der Waals surface area contributed by atoms with Crippen molar-refractivity contribution < 1.29 is 36.3 Å². The van der Waals surface area contributed by atoms with Crippen molar-refractivity contribution in [3.8, 4) is 0 Å². The number of rotatable bonds is 2. The monoisotopic (exact) mass is 461 g/mol. The Morgan fingerprint density at radius 3 is 2.31 bits per heavy atom. The number of likely N-dealkylation sites (tertiary alicyclic amines) is 2. The number of fused-ring (bicyclic) bond motifs is 1. The van der Waals surface area contributed by atoms with Crippen molar-refractivity contribution in [1.82, 2.24) is 15.1 Å². The van der Waals surface area contributed by atoms with Crippen LogP contribution in [0.1, 0.15) is 30.4 Å². The summed E-state index contributed by atoms with van der Waals surface area (Å²) in [5, 5.41) is 2.85. The molecule has 2 atom stereocenters. The van der Waals surface area contributed by atoms with Crippen LogP contribution in [0.5, 0.6) is 0 Å². The smallest absolute Gasteiger partial charge is 0.366 e. The van der Waals surface area contributed by atoms with Gasteiger partial charge in [0.15, 0.2) is 0 Å². The first-order chi connectivity index (χ1) is 15.1. The molecule has 3 aliphatic heterocycles. The van der Waals surface area contributed by atoms with Gasteiger partial charge in [0, 0.05) is 31.7 Å². The molecule has 3 amide bonds. The number of carbonyl (C=O) groups excluding carboxylic acids is 2. The molecule has 0 aromatic heterocycles. The molecule has 0 spiro atoms. The zero-order valence-electron chi connectivity index (χ0n) is 17.3. The van der Waals surface area contributed by atoms with Crippen molar-refractivity contribution in [2.45, 2.75) is 44.0 Å². The summed E-state index contributed by atoms with van der Waals surface area (Å²) in [6.07, 6.45) is -3.33. The van der Waals surface area contributed by atoms with E-state index in [0.29, 0.717) is 57.6 Å². The topological polar surface area (TPSA) is 61.9 Å². The highest BCUT2D eigenvalue weighted by molar-refractivity contribution is 5.79. The summed E-state index contributed by atoms with van der Waals surface area (Å²) in [6, 6.07) is 0.258. The number of alkyl halides is 3. The van der Waals surface area contributed by atoms with Crippen molar-refractivity contribution in [3.63, 3.8) is 0 Å². The molecule has 0 bridgehead atoms. The number of benzene rings is 1. The predicted octanol–water partition coefficient (Wildman–Crippen LogP) is 2.95. The minimum atomic E-state index is -4.81. The van der Waals surface area contributed by atoms with Gasteiger partial charge in [-0.25, -0.2) is 13.6 Å². The summed E-state index contributed by atoms with van der Waals surface area (Å²) in [7, 11) is 0. The van der Waals surface area contributed by atoms with E-state index in [1.807, 2.05) is 0 Å². The minimum Gasteiger partial charge on any atom is -0.366 e. The minimum absolute atomic E-state index is 0.0192. The second-order valence-corrected chi connectivity index (χ2v) is 8.59. The van der Waals surface area contributed by atoms with Gasteiger partial charge in [0.25, 0.3) is 0 Å². The fourth-order valence-electron chi connectivity index (χ4n) is 4.65. The van der Waals surface area contributed by atoms with Gasteiger partial charge in [0.2, 0.25) is 5.91 Å². The molecule has 1 N–H and O–H groups in total. The van der Waals surface area contributed by atoms with Crippen LogP contribution >= 0.6 is 0 Å². The SMILES string of the molecule is O=C1CO[C@H]2CCN(C(=O)N3CCC(Cc4c(F)cc(C(F)(F)F)cc4F)CC3)C[C@H]2N1. The first-order valence-corrected chi connectivity index (χ1v) is 10.6. The molecule has 0 unspecified atom stereocenters. The summed E-state index contributed by atoms with van der Waals surface area (Å²) < 4.78 is 72.0. The van der Waals surface area contributed by atoms with Crippen molar-refractivity contribution in [2.24, 2.45) is 5.92 Å². The van der Waals surface area contributed by atoms with Gasteiger partial charge in [-0.3, -0.25) is 4.79 Å². The molecule has 6 nitrogen and oxygen atoms in total. The van der Waals surface area contributed by atoms with Crippen LogP contribution in [-0.2, 0) is 22.1 Å². The largest absolute Gasteiger partial charge is 0.416 e. The standard InChI is InChI=1S/C21H24F5N3O3/c22-15-8-13(21(24,25)26)9-16(23)14(15)7-12-1-4-28(5-2-12)20(31)29-6-3-18-17(10-29)27-19(30)11-32-18/h8-9,12,17-18H,1-7,10-11H2,(H,27,30)/t17-,18+/m1/s1. The van der Waals surface area contributed by atoms with Gasteiger partial charge in [0.05, 0.1) is 17.7 Å². The molecule has 4 rings (SSSR count). The average molecular weight is 461 g/mol. The lowest BCUT2D eigenvalue weighted by molar-refractivity contribution is -0.140. The van der Waals surface area contributed by atoms with E-state index in [1.165, 1.54) is 0 Å². The van der Waals surface area contributed by atoms with E-state index in [0.717, 1.165) is 0 Å². The molecule has 3 aliphatic rings. The second-order valence-electron chi connectivity index (χ2n) is 8.59. The number of carbonyl (C=O) groups is 2. The number of amides is 3. The summed E-state index contributed by atoms with van der Waals surface area (Å²) in [4.78, 5) is 27.8. The van der Waals surface area contributed by atoms with Gasteiger partial charge in [-0.1, -0.05) is 0 Å². The Bertz CT molecular complexity index is 863. The van der Waals surface area contributed by atoms with Crippen LogP contribution in [0.4, 0.5) is 26.7 Å². The van der Waals surface area contributed by atoms with Crippen LogP contribution in [0.3, 0.4) is 0 Å². The van der Waals surface area contributed by atoms with Crippen LogP contribution < -0.4 is 5.32 Å². The van der Waals surface area contributed by atoms with Crippen LogP contribution in [0, 0.1) is 17.6 Å². The molecule has 0 aliphatic carbocycles. The number of ether oxygens (including phenoxy) is 1. The highest BCUT2D eigenvalue weighted by atomic mass is 19.4. The predicted molar refractivity (Wildman–Crippen MR) is 103 cm³/mol. The summed E-state index contributed by atoms with van der Waals surface area (Å²) in [6.45, 7) is 1.68. The maximum atomic E-state index is 14.2. The van der Waals surface area contributed by atoms with E-state index in [2.05, 4.69) is 5.32 Å². The molecular formula is C21H24F5N3O3. The fourth-order valence-corrected chi connectivity index (χ4v) is 4.65. The Kier molecular flexibility index (Phi) is 6.28. The van der Waals surface area contributed by atoms with Crippen LogP contribution in [0.2, 0.25) is 0 Å². The van der Waals surface area contributed by atoms with Gasteiger partial charge in [-0.05, 0) is 43.7 Å². The van der Waals surface area contributed by atoms with Gasteiger partial charge in [-0.15, -0.1) is 0 Å². The number of hydrogen-bond donors (Lipinski definition) is 1. The van der Waals surface area contributed by atoms with Gasteiger partial charge in [0.1, 0.15) is 18.2 Å². The molecule has 32 heavy (non-hydrogen) atoms. The number of morpholine rings is 1. The zero-order chi connectivity index (χ0) is 23.0. The molecule has 0 saturated carbocycles. The molecule has 3 heterocycles. The van der Waals surface area contributed by atoms with E-state index >= 15 is 0 Å². The molecule has 11 heteroatoms. The van der Waals surface area contributed by atoms with E-state index in [1.54, 1.807) is 9.80 Å². The lowest BCUT2D eigenvalue weighted by Crippen LogP contribution is -2.62. The van der Waals surface area contributed by atoms with Crippen LogP contribution in [-0.4, -0.2) is 66.7 Å². The third-order valence-corrected chi connectivity index (χ3v) is 6.44. The quantitative estimate of drug-likeness (QED) is 0.689. The second kappa shape index (κ2) is 8.84. The first-order valence-electron chi connectivity index (χ1n) is 10.6. The van der Waals surface area contributed by atoms with Crippen molar-refractivity contribution in [1.29, 1.82) is 0 Å². The third-order valence-electron chi connectivity index (χ3n) is 6.44. The Morgan fingerprint density at radius 1 is 1.06 bits per heavy atom. The summed E-state index contributed by atoms with van der Waals surface area (Å²) in [5.41, 5.74) is -1.70. The zero-order valence-corrected chi connectivity index (χ0v) is 17.3. The Labute approximate surface area is 181 Å².